The highest BCUT2D eigenvalue weighted by Gasteiger charge is 2.27. The van der Waals surface area contributed by atoms with Crippen LogP contribution < -0.4 is 10.6 Å². The topological polar surface area (TPSA) is 71.8 Å². The Kier molecular flexibility index (Phi) is 5.17. The molecule has 0 radical (unpaired) electrons. The van der Waals surface area contributed by atoms with E-state index in [1.54, 1.807) is 4.68 Å². The molecule has 1 aromatic heterocycles. The van der Waals surface area contributed by atoms with Gasteiger partial charge in [0.2, 0.25) is 5.95 Å². The van der Waals surface area contributed by atoms with Crippen molar-refractivity contribution in [1.82, 2.24) is 14.8 Å². The Balaban J connectivity index is 1.52. The number of halogens is 2. The van der Waals surface area contributed by atoms with Crippen molar-refractivity contribution in [2.24, 2.45) is 0 Å². The standard InChI is InChI=1S/C24H17ClFN5O/c25-19-9-5-4-8-18(19)21-14-20(15-6-2-1-3-7-15)27-24-29-23(30-31(21)24)28-22(32)16-10-12-17(26)13-11-16/h1-14,21H,(H2,27,28,29,30,32)/t21-/m0/s1. The molecule has 0 bridgehead atoms. The van der Waals surface area contributed by atoms with Crippen LogP contribution in [0.1, 0.15) is 27.5 Å². The van der Waals surface area contributed by atoms with Crippen LogP contribution in [0.15, 0.2) is 84.9 Å². The van der Waals surface area contributed by atoms with Crippen LogP contribution in [0.25, 0.3) is 5.70 Å². The molecule has 1 amide bonds. The molecule has 0 spiro atoms. The molecule has 0 aliphatic carbocycles. The summed E-state index contributed by atoms with van der Waals surface area (Å²) in [4.78, 5) is 17.0. The predicted octanol–water partition coefficient (Wildman–Crippen LogP) is 5.38. The summed E-state index contributed by atoms with van der Waals surface area (Å²) >= 11 is 6.49. The molecule has 4 aromatic rings. The molecule has 3 aromatic carbocycles. The van der Waals surface area contributed by atoms with Gasteiger partial charge in [-0.25, -0.2) is 9.07 Å². The minimum Gasteiger partial charge on any atom is -0.324 e. The summed E-state index contributed by atoms with van der Waals surface area (Å²) in [5.74, 6) is -0.255. The van der Waals surface area contributed by atoms with Gasteiger partial charge in [-0.05, 0) is 47.5 Å². The van der Waals surface area contributed by atoms with Gasteiger partial charge >= 0.3 is 0 Å². The molecule has 1 aliphatic rings. The van der Waals surface area contributed by atoms with Crippen LogP contribution in [0.2, 0.25) is 5.02 Å². The summed E-state index contributed by atoms with van der Waals surface area (Å²) in [7, 11) is 0. The highest BCUT2D eigenvalue weighted by atomic mass is 35.5. The number of aromatic nitrogens is 3. The maximum Gasteiger partial charge on any atom is 0.258 e. The molecule has 0 unspecified atom stereocenters. The number of anilines is 2. The summed E-state index contributed by atoms with van der Waals surface area (Å²) in [6.45, 7) is 0. The van der Waals surface area contributed by atoms with Gasteiger partial charge in [0.15, 0.2) is 0 Å². The normalized spacial score (nSPS) is 14.8. The van der Waals surface area contributed by atoms with Crippen molar-refractivity contribution in [3.63, 3.8) is 0 Å². The number of rotatable bonds is 4. The fraction of sp³-hybridized carbons (Fsp3) is 0.0417. The third-order valence-electron chi connectivity index (χ3n) is 5.11. The highest BCUT2D eigenvalue weighted by Crippen LogP contribution is 2.35. The summed E-state index contributed by atoms with van der Waals surface area (Å²) in [6, 6.07) is 22.3. The largest absolute Gasteiger partial charge is 0.324 e. The van der Waals surface area contributed by atoms with Gasteiger partial charge in [-0.15, -0.1) is 5.10 Å². The molecule has 158 valence electrons. The smallest absolute Gasteiger partial charge is 0.258 e. The molecule has 2 N–H and O–H groups in total. The summed E-state index contributed by atoms with van der Waals surface area (Å²) in [5, 5.41) is 11.0. The molecular weight excluding hydrogens is 429 g/mol. The number of nitrogens with one attached hydrogen (secondary N) is 2. The molecule has 2 heterocycles. The Hall–Kier alpha value is -3.97. The zero-order chi connectivity index (χ0) is 22.1. The molecule has 1 atom stereocenters. The Labute approximate surface area is 188 Å². The molecule has 0 saturated heterocycles. The molecule has 1 aliphatic heterocycles. The van der Waals surface area contributed by atoms with E-state index in [0.29, 0.717) is 16.5 Å². The number of allylic oxidation sites excluding steroid dienone is 1. The van der Waals surface area contributed by atoms with E-state index in [-0.39, 0.29) is 12.0 Å². The number of fused-ring (bicyclic) bond motifs is 1. The predicted molar refractivity (Wildman–Crippen MR) is 122 cm³/mol. The number of amides is 1. The van der Waals surface area contributed by atoms with Crippen molar-refractivity contribution in [3.8, 4) is 0 Å². The zero-order valence-corrected chi connectivity index (χ0v) is 17.4. The van der Waals surface area contributed by atoms with Gasteiger partial charge in [-0.1, -0.05) is 60.1 Å². The van der Waals surface area contributed by atoms with Gasteiger partial charge in [0.25, 0.3) is 11.9 Å². The van der Waals surface area contributed by atoms with E-state index in [2.05, 4.69) is 20.7 Å². The summed E-state index contributed by atoms with van der Waals surface area (Å²) < 4.78 is 14.8. The van der Waals surface area contributed by atoms with E-state index < -0.39 is 11.7 Å². The first-order valence-electron chi connectivity index (χ1n) is 9.90. The van der Waals surface area contributed by atoms with Crippen molar-refractivity contribution in [3.05, 3.63) is 112 Å². The van der Waals surface area contributed by atoms with E-state index in [0.717, 1.165) is 16.8 Å². The van der Waals surface area contributed by atoms with Crippen LogP contribution in [0.5, 0.6) is 0 Å². The lowest BCUT2D eigenvalue weighted by atomic mass is 10.0. The van der Waals surface area contributed by atoms with Crippen LogP contribution in [0.3, 0.4) is 0 Å². The molecule has 6 nitrogen and oxygen atoms in total. The SMILES string of the molecule is O=C(Nc1nc2n(n1)[C@H](c1ccccc1Cl)C=C(c1ccccc1)N2)c1ccc(F)cc1. The first-order chi connectivity index (χ1) is 15.6. The minimum absolute atomic E-state index is 0.126. The van der Waals surface area contributed by atoms with Crippen LogP contribution in [-0.2, 0) is 0 Å². The summed E-state index contributed by atoms with van der Waals surface area (Å²) in [6.07, 6.45) is 2.02. The van der Waals surface area contributed by atoms with E-state index in [9.17, 15) is 9.18 Å². The van der Waals surface area contributed by atoms with E-state index in [4.69, 9.17) is 11.6 Å². The van der Waals surface area contributed by atoms with Crippen LogP contribution in [0, 0.1) is 5.82 Å². The Morgan fingerprint density at radius 1 is 1.00 bits per heavy atom. The number of benzene rings is 3. The van der Waals surface area contributed by atoms with Crippen LogP contribution in [-0.4, -0.2) is 20.7 Å². The van der Waals surface area contributed by atoms with Crippen LogP contribution >= 0.6 is 11.6 Å². The molecule has 0 saturated carbocycles. The quantitative estimate of drug-likeness (QED) is 0.442. The van der Waals surface area contributed by atoms with E-state index in [1.807, 2.05) is 60.7 Å². The van der Waals surface area contributed by atoms with E-state index in [1.165, 1.54) is 24.3 Å². The second-order valence-corrected chi connectivity index (χ2v) is 7.61. The number of carbonyl (C=O) groups is 1. The van der Waals surface area contributed by atoms with E-state index >= 15 is 0 Å². The van der Waals surface area contributed by atoms with Crippen molar-refractivity contribution in [2.45, 2.75) is 6.04 Å². The number of hydrogen-bond acceptors (Lipinski definition) is 4. The maximum absolute atomic E-state index is 13.2. The van der Waals surface area contributed by atoms with Gasteiger partial charge in [0.05, 0.1) is 0 Å². The van der Waals surface area contributed by atoms with Crippen molar-refractivity contribution >= 4 is 35.1 Å². The zero-order valence-electron chi connectivity index (χ0n) is 16.7. The summed E-state index contributed by atoms with van der Waals surface area (Å²) in [5.41, 5.74) is 2.99. The second-order valence-electron chi connectivity index (χ2n) is 7.20. The first-order valence-corrected chi connectivity index (χ1v) is 10.3. The number of nitrogens with zero attached hydrogens (tertiary/aromatic N) is 3. The van der Waals surface area contributed by atoms with Crippen molar-refractivity contribution in [2.75, 3.05) is 10.6 Å². The maximum atomic E-state index is 13.2. The number of hydrogen-bond donors (Lipinski definition) is 2. The van der Waals surface area contributed by atoms with Crippen molar-refractivity contribution < 1.29 is 9.18 Å². The monoisotopic (exact) mass is 445 g/mol. The van der Waals surface area contributed by atoms with Gasteiger partial charge < -0.3 is 5.32 Å². The molecular formula is C24H17ClFN5O. The Bertz CT molecular complexity index is 1320. The average molecular weight is 446 g/mol. The van der Waals surface area contributed by atoms with Gasteiger partial charge in [-0.3, -0.25) is 10.1 Å². The highest BCUT2D eigenvalue weighted by molar-refractivity contribution is 6.31. The minimum atomic E-state index is -0.432. The Morgan fingerprint density at radius 2 is 1.72 bits per heavy atom. The number of carbonyl (C=O) groups excluding carboxylic acids is 1. The third kappa shape index (κ3) is 3.86. The lowest BCUT2D eigenvalue weighted by Crippen LogP contribution is -2.20. The lowest BCUT2D eigenvalue weighted by molar-refractivity contribution is 0.102. The van der Waals surface area contributed by atoms with Crippen molar-refractivity contribution in [1.29, 1.82) is 0 Å². The first kappa shape index (κ1) is 20.0. The molecule has 8 heteroatoms. The fourth-order valence-corrected chi connectivity index (χ4v) is 3.79. The second kappa shape index (κ2) is 8.28. The van der Waals surface area contributed by atoms with Gasteiger partial charge in [-0.2, -0.15) is 4.98 Å². The Morgan fingerprint density at radius 3 is 2.47 bits per heavy atom. The van der Waals surface area contributed by atoms with Crippen LogP contribution in [0.4, 0.5) is 16.3 Å². The molecule has 5 rings (SSSR count). The van der Waals surface area contributed by atoms with Gasteiger partial charge in [0.1, 0.15) is 11.9 Å². The average Bonchev–Trinajstić information content (AvgIpc) is 3.22. The lowest BCUT2D eigenvalue weighted by Gasteiger charge is -2.24. The molecule has 32 heavy (non-hydrogen) atoms. The van der Waals surface area contributed by atoms with Gasteiger partial charge in [0, 0.05) is 16.3 Å². The molecule has 0 fully saturated rings. The fourth-order valence-electron chi connectivity index (χ4n) is 3.54. The third-order valence-corrected chi connectivity index (χ3v) is 5.45.